The van der Waals surface area contributed by atoms with Crippen LogP contribution in [0.15, 0.2) is 36.4 Å². The zero-order valence-electron chi connectivity index (χ0n) is 16.2. The number of halogens is 2. The maximum atomic E-state index is 13.6. The molecule has 5 rings (SSSR count). The summed E-state index contributed by atoms with van der Waals surface area (Å²) in [5, 5.41) is 1.10. The standard InChI is InChI=1S/C22H19F2N3O3/c1-30-13-3-5-18-15(9-13)14-6-7-26(11-19(14)25-18)20-10-21(28)27(22(20)29)12-2-4-16(23)17(24)8-12/h2-5,8-9,20,25H,6-7,10-11H2,1H3/t20-/m0/s1. The Morgan fingerprint density at radius 3 is 2.70 bits per heavy atom. The van der Waals surface area contributed by atoms with E-state index in [1.807, 2.05) is 23.1 Å². The average Bonchev–Trinajstić information content (AvgIpc) is 3.25. The number of nitrogens with one attached hydrogen (secondary N) is 1. The number of amides is 2. The van der Waals surface area contributed by atoms with E-state index in [-0.39, 0.29) is 12.1 Å². The van der Waals surface area contributed by atoms with Gasteiger partial charge in [-0.05, 0) is 42.3 Å². The highest BCUT2D eigenvalue weighted by Gasteiger charge is 2.43. The topological polar surface area (TPSA) is 65.6 Å². The van der Waals surface area contributed by atoms with Crippen molar-refractivity contribution in [3.63, 3.8) is 0 Å². The fourth-order valence-electron chi connectivity index (χ4n) is 4.43. The second kappa shape index (κ2) is 6.91. The Labute approximate surface area is 171 Å². The summed E-state index contributed by atoms with van der Waals surface area (Å²) in [4.78, 5) is 31.9. The lowest BCUT2D eigenvalue weighted by atomic mass is 10.0. The van der Waals surface area contributed by atoms with E-state index in [1.165, 1.54) is 11.6 Å². The molecule has 2 aromatic carbocycles. The van der Waals surface area contributed by atoms with Crippen molar-refractivity contribution in [3.05, 3.63) is 59.3 Å². The Hall–Kier alpha value is -3.26. The molecule has 3 heterocycles. The van der Waals surface area contributed by atoms with Crippen LogP contribution in [0.4, 0.5) is 14.5 Å². The lowest BCUT2D eigenvalue weighted by Crippen LogP contribution is -2.44. The van der Waals surface area contributed by atoms with Crippen molar-refractivity contribution in [3.8, 4) is 5.75 Å². The Bertz CT molecular complexity index is 1190. The highest BCUT2D eigenvalue weighted by Crippen LogP contribution is 2.33. The molecule has 1 N–H and O–H groups in total. The van der Waals surface area contributed by atoms with Gasteiger partial charge >= 0.3 is 0 Å². The van der Waals surface area contributed by atoms with Crippen LogP contribution in [-0.4, -0.2) is 41.4 Å². The largest absolute Gasteiger partial charge is 0.497 e. The summed E-state index contributed by atoms with van der Waals surface area (Å²) < 4.78 is 32.2. The van der Waals surface area contributed by atoms with Gasteiger partial charge in [-0.25, -0.2) is 13.7 Å². The number of H-pyrrole nitrogens is 1. The van der Waals surface area contributed by atoms with Gasteiger partial charge in [0.1, 0.15) is 5.75 Å². The first-order valence-electron chi connectivity index (χ1n) is 9.69. The highest BCUT2D eigenvalue weighted by atomic mass is 19.2. The molecular weight excluding hydrogens is 392 g/mol. The molecule has 0 aliphatic carbocycles. The molecule has 8 heteroatoms. The van der Waals surface area contributed by atoms with E-state index >= 15 is 0 Å². The van der Waals surface area contributed by atoms with E-state index in [2.05, 4.69) is 4.98 Å². The maximum Gasteiger partial charge on any atom is 0.251 e. The molecule has 0 saturated carbocycles. The van der Waals surface area contributed by atoms with Crippen LogP contribution >= 0.6 is 0 Å². The molecule has 154 valence electrons. The molecule has 2 amide bonds. The molecule has 2 aliphatic rings. The van der Waals surface area contributed by atoms with Crippen molar-refractivity contribution in [1.29, 1.82) is 0 Å². The van der Waals surface area contributed by atoms with Crippen LogP contribution in [0.25, 0.3) is 10.9 Å². The van der Waals surface area contributed by atoms with Crippen LogP contribution in [0.5, 0.6) is 5.75 Å². The van der Waals surface area contributed by atoms with Gasteiger partial charge in [-0.15, -0.1) is 0 Å². The van der Waals surface area contributed by atoms with Crippen LogP contribution in [0, 0.1) is 11.6 Å². The molecular formula is C22H19F2N3O3. The number of hydrogen-bond acceptors (Lipinski definition) is 4. The third kappa shape index (κ3) is 2.87. The Morgan fingerprint density at radius 2 is 1.93 bits per heavy atom. The molecule has 0 spiro atoms. The van der Waals surface area contributed by atoms with Gasteiger partial charge in [0.05, 0.1) is 25.3 Å². The minimum atomic E-state index is -1.09. The van der Waals surface area contributed by atoms with E-state index in [0.717, 1.165) is 45.8 Å². The van der Waals surface area contributed by atoms with E-state index < -0.39 is 29.5 Å². The molecule has 30 heavy (non-hydrogen) atoms. The second-order valence-corrected chi connectivity index (χ2v) is 7.60. The van der Waals surface area contributed by atoms with Crippen molar-refractivity contribution < 1.29 is 23.1 Å². The molecule has 0 radical (unpaired) electrons. The van der Waals surface area contributed by atoms with Crippen molar-refractivity contribution >= 4 is 28.4 Å². The molecule has 1 saturated heterocycles. The molecule has 0 unspecified atom stereocenters. The number of ether oxygens (including phenoxy) is 1. The van der Waals surface area contributed by atoms with Gasteiger partial charge in [0, 0.05) is 35.8 Å². The number of aromatic amines is 1. The SMILES string of the molecule is COc1ccc2[nH]c3c(c2c1)CCN([C@H]1CC(=O)N(c2ccc(F)c(F)c2)C1=O)C3. The summed E-state index contributed by atoms with van der Waals surface area (Å²) in [7, 11) is 1.63. The fourth-order valence-corrected chi connectivity index (χ4v) is 4.43. The maximum absolute atomic E-state index is 13.6. The van der Waals surface area contributed by atoms with Gasteiger partial charge in [-0.1, -0.05) is 0 Å². The number of anilines is 1. The van der Waals surface area contributed by atoms with Crippen molar-refractivity contribution in [1.82, 2.24) is 9.88 Å². The van der Waals surface area contributed by atoms with E-state index in [0.29, 0.717) is 13.1 Å². The Balaban J connectivity index is 1.41. The van der Waals surface area contributed by atoms with Crippen molar-refractivity contribution in [2.24, 2.45) is 0 Å². The highest BCUT2D eigenvalue weighted by molar-refractivity contribution is 6.22. The number of hydrogen-bond donors (Lipinski definition) is 1. The van der Waals surface area contributed by atoms with Crippen LogP contribution in [0.2, 0.25) is 0 Å². The number of nitrogens with zero attached hydrogens (tertiary/aromatic N) is 2. The first-order chi connectivity index (χ1) is 14.5. The van der Waals surface area contributed by atoms with Gasteiger partial charge in [0.15, 0.2) is 11.6 Å². The zero-order chi connectivity index (χ0) is 21.0. The van der Waals surface area contributed by atoms with Crippen LogP contribution in [0.3, 0.4) is 0 Å². The average molecular weight is 411 g/mol. The summed E-state index contributed by atoms with van der Waals surface area (Å²) >= 11 is 0. The lowest BCUT2D eigenvalue weighted by Gasteiger charge is -2.30. The normalized spacial score (nSPS) is 19.6. The smallest absolute Gasteiger partial charge is 0.251 e. The number of carbonyl (C=O) groups excluding carboxylic acids is 2. The number of fused-ring (bicyclic) bond motifs is 3. The summed E-state index contributed by atoms with van der Waals surface area (Å²) in [5.41, 5.74) is 3.26. The second-order valence-electron chi connectivity index (χ2n) is 7.60. The zero-order valence-corrected chi connectivity index (χ0v) is 16.2. The number of methoxy groups -OCH3 is 1. The van der Waals surface area contributed by atoms with Gasteiger partial charge in [-0.3, -0.25) is 14.5 Å². The Morgan fingerprint density at radius 1 is 1.10 bits per heavy atom. The monoisotopic (exact) mass is 411 g/mol. The van der Waals surface area contributed by atoms with Gasteiger partial charge < -0.3 is 9.72 Å². The molecule has 1 fully saturated rings. The molecule has 0 bridgehead atoms. The summed E-state index contributed by atoms with van der Waals surface area (Å²) in [6, 6.07) is 8.27. The first-order valence-corrected chi connectivity index (χ1v) is 9.69. The van der Waals surface area contributed by atoms with Crippen LogP contribution in [0.1, 0.15) is 17.7 Å². The molecule has 2 aliphatic heterocycles. The van der Waals surface area contributed by atoms with E-state index in [4.69, 9.17) is 4.74 Å². The van der Waals surface area contributed by atoms with Crippen LogP contribution < -0.4 is 9.64 Å². The summed E-state index contributed by atoms with van der Waals surface area (Å²) in [6.45, 7) is 1.12. The number of rotatable bonds is 3. The third-order valence-electron chi connectivity index (χ3n) is 5.94. The molecule has 6 nitrogen and oxygen atoms in total. The van der Waals surface area contributed by atoms with E-state index in [1.54, 1.807) is 7.11 Å². The molecule has 3 aromatic rings. The summed E-state index contributed by atoms with van der Waals surface area (Å²) in [5.74, 6) is -2.15. The van der Waals surface area contributed by atoms with Gasteiger partial charge in [0.2, 0.25) is 5.91 Å². The Kier molecular flexibility index (Phi) is 4.32. The first kappa shape index (κ1) is 18.7. The molecule has 1 aromatic heterocycles. The number of imide groups is 1. The number of carbonyl (C=O) groups is 2. The fraction of sp³-hybridized carbons (Fsp3) is 0.273. The van der Waals surface area contributed by atoms with Gasteiger partial charge in [-0.2, -0.15) is 0 Å². The minimum absolute atomic E-state index is 0.0151. The van der Waals surface area contributed by atoms with Crippen molar-refractivity contribution in [2.75, 3.05) is 18.6 Å². The van der Waals surface area contributed by atoms with E-state index in [9.17, 15) is 18.4 Å². The summed E-state index contributed by atoms with van der Waals surface area (Å²) in [6.07, 6.45) is 0.743. The third-order valence-corrected chi connectivity index (χ3v) is 5.94. The minimum Gasteiger partial charge on any atom is -0.497 e. The number of aromatic nitrogens is 1. The van der Waals surface area contributed by atoms with Crippen LogP contribution in [-0.2, 0) is 22.6 Å². The number of benzene rings is 2. The predicted molar refractivity (Wildman–Crippen MR) is 106 cm³/mol. The predicted octanol–water partition coefficient (Wildman–Crippen LogP) is 3.14. The van der Waals surface area contributed by atoms with Crippen molar-refractivity contribution in [2.45, 2.75) is 25.4 Å². The quantitative estimate of drug-likeness (QED) is 0.673. The molecule has 1 atom stereocenters. The van der Waals surface area contributed by atoms with Gasteiger partial charge in [0.25, 0.3) is 5.91 Å². The lowest BCUT2D eigenvalue weighted by molar-refractivity contribution is -0.123.